The Bertz CT molecular complexity index is 1290. The van der Waals surface area contributed by atoms with Crippen molar-refractivity contribution in [3.05, 3.63) is 71.8 Å². The maximum Gasteiger partial charge on any atom is 0.238 e. The molecule has 2 aliphatic heterocycles. The number of aryl methyl sites for hydroxylation is 2. The fraction of sp³-hybridized carbons (Fsp3) is 0.357. The van der Waals surface area contributed by atoms with Gasteiger partial charge in [-0.15, -0.1) is 0 Å². The number of carbonyl (C=O) groups is 4. The molecule has 2 saturated heterocycles. The molecule has 2 saturated carbocycles. The Kier molecular flexibility index (Phi) is 3.82. The molecule has 0 radical (unpaired) electrons. The third-order valence-electron chi connectivity index (χ3n) is 9.06. The Morgan fingerprint density at radius 1 is 0.529 bits per heavy atom. The molecule has 2 bridgehead atoms. The number of hydrogen-bond donors (Lipinski definition) is 0. The molecule has 6 aliphatic rings. The van der Waals surface area contributed by atoms with Gasteiger partial charge in [0.1, 0.15) is 0 Å². The Balaban J connectivity index is 1.27. The fourth-order valence-corrected chi connectivity index (χ4v) is 7.70. The van der Waals surface area contributed by atoms with Crippen molar-refractivity contribution in [1.82, 2.24) is 0 Å². The summed E-state index contributed by atoms with van der Waals surface area (Å²) in [5, 5.41) is 0. The van der Waals surface area contributed by atoms with Crippen molar-refractivity contribution >= 4 is 35.0 Å². The van der Waals surface area contributed by atoms with Crippen LogP contribution in [0, 0.1) is 61.2 Å². The number of para-hydroxylation sites is 2. The second-order valence-corrected chi connectivity index (χ2v) is 10.4. The van der Waals surface area contributed by atoms with Gasteiger partial charge in [0, 0.05) is 0 Å². The van der Waals surface area contributed by atoms with E-state index in [1.165, 1.54) is 9.80 Å². The summed E-state index contributed by atoms with van der Waals surface area (Å²) in [7, 11) is 0. The summed E-state index contributed by atoms with van der Waals surface area (Å²) in [6, 6.07) is 14.9. The molecule has 2 aromatic rings. The Hall–Kier alpha value is -3.54. The molecule has 0 N–H and O–H groups in total. The lowest BCUT2D eigenvalue weighted by atomic mass is 9.40. The average molecular weight is 453 g/mol. The van der Waals surface area contributed by atoms with Crippen molar-refractivity contribution < 1.29 is 19.2 Å². The van der Waals surface area contributed by atoms with Gasteiger partial charge < -0.3 is 0 Å². The summed E-state index contributed by atoms with van der Waals surface area (Å²) in [6.45, 7) is 3.80. The summed E-state index contributed by atoms with van der Waals surface area (Å²) in [6.07, 6.45) is 4.09. The summed E-state index contributed by atoms with van der Waals surface area (Å²) in [5.41, 5.74) is 3.03. The minimum Gasteiger partial charge on any atom is -0.274 e. The van der Waals surface area contributed by atoms with E-state index in [0.717, 1.165) is 11.1 Å². The van der Waals surface area contributed by atoms with Gasteiger partial charge in [0.2, 0.25) is 23.6 Å². The second kappa shape index (κ2) is 6.53. The van der Waals surface area contributed by atoms with Crippen molar-refractivity contribution in [2.24, 2.45) is 47.3 Å². The molecule has 0 spiro atoms. The molecule has 4 fully saturated rings. The first-order valence-electron chi connectivity index (χ1n) is 12.0. The molecule has 4 amide bonds. The van der Waals surface area contributed by atoms with E-state index in [2.05, 4.69) is 0 Å². The second-order valence-electron chi connectivity index (χ2n) is 10.4. The number of anilines is 2. The Morgan fingerprint density at radius 3 is 1.26 bits per heavy atom. The highest BCUT2D eigenvalue weighted by atomic mass is 16.2. The SMILES string of the molecule is Cc1ccccc1N1C(=O)[C@@H]2[C@@H](C1=O)[C@H]1[C@H]3C=C[C@H]([C@H]4C(=O)N(c5ccccc5C)C(=O)[C@@H]34)[C@H]21. The number of allylic oxidation sites excluding steroid dienone is 2. The van der Waals surface area contributed by atoms with Crippen LogP contribution in [0.5, 0.6) is 0 Å². The van der Waals surface area contributed by atoms with E-state index in [9.17, 15) is 19.2 Å². The molecule has 2 aromatic carbocycles. The number of carbonyl (C=O) groups excluding carboxylic acids is 4. The predicted molar refractivity (Wildman–Crippen MR) is 124 cm³/mol. The largest absolute Gasteiger partial charge is 0.274 e. The van der Waals surface area contributed by atoms with E-state index in [0.29, 0.717) is 11.4 Å². The van der Waals surface area contributed by atoms with Crippen molar-refractivity contribution in [3.8, 4) is 0 Å². The third kappa shape index (κ3) is 2.17. The molecule has 4 aliphatic carbocycles. The lowest BCUT2D eigenvalue weighted by Crippen LogP contribution is -2.63. The first-order chi connectivity index (χ1) is 16.4. The number of imide groups is 2. The Morgan fingerprint density at radius 2 is 0.882 bits per heavy atom. The zero-order chi connectivity index (χ0) is 23.5. The van der Waals surface area contributed by atoms with Gasteiger partial charge in [-0.2, -0.15) is 0 Å². The van der Waals surface area contributed by atoms with Gasteiger partial charge in [-0.3, -0.25) is 19.2 Å². The van der Waals surface area contributed by atoms with Crippen LogP contribution in [0.25, 0.3) is 0 Å². The topological polar surface area (TPSA) is 74.8 Å². The number of benzene rings is 2. The fourth-order valence-electron chi connectivity index (χ4n) is 7.70. The lowest BCUT2D eigenvalue weighted by molar-refractivity contribution is -0.166. The van der Waals surface area contributed by atoms with E-state index < -0.39 is 23.7 Å². The standard InChI is InChI=1S/C28H24N2O4/c1-13-7-3-5-9-17(13)29-25(31)21-15-11-12-16(22(21)26(29)32)20-19(15)23-24(20)28(34)30(27(23)33)18-10-6-4-8-14(18)2/h3-12,15-16,19-24H,1-2H3/t15-,16+,19-,20-,21+,22-,23-,24-/m0/s1. The Labute approximate surface area is 197 Å². The minimum atomic E-state index is -0.459. The van der Waals surface area contributed by atoms with Crippen LogP contribution in [0.3, 0.4) is 0 Å². The highest BCUT2D eigenvalue weighted by Crippen LogP contribution is 2.68. The molecular weight excluding hydrogens is 428 g/mol. The van der Waals surface area contributed by atoms with Crippen LogP contribution < -0.4 is 9.80 Å². The zero-order valence-electron chi connectivity index (χ0n) is 18.9. The minimum absolute atomic E-state index is 0.0692. The summed E-state index contributed by atoms with van der Waals surface area (Å²) >= 11 is 0. The van der Waals surface area contributed by atoms with Crippen molar-refractivity contribution in [1.29, 1.82) is 0 Å². The number of rotatable bonds is 2. The number of amides is 4. The van der Waals surface area contributed by atoms with Crippen LogP contribution >= 0.6 is 0 Å². The zero-order valence-corrected chi connectivity index (χ0v) is 18.9. The molecule has 0 unspecified atom stereocenters. The van der Waals surface area contributed by atoms with Gasteiger partial charge in [0.15, 0.2) is 0 Å². The van der Waals surface area contributed by atoms with Crippen molar-refractivity contribution in [2.45, 2.75) is 13.8 Å². The van der Waals surface area contributed by atoms with E-state index in [4.69, 9.17) is 0 Å². The maximum absolute atomic E-state index is 13.6. The molecule has 34 heavy (non-hydrogen) atoms. The molecule has 8 rings (SSSR count). The molecule has 0 aromatic heterocycles. The van der Waals surface area contributed by atoms with Gasteiger partial charge in [0.05, 0.1) is 35.0 Å². The van der Waals surface area contributed by atoms with Gasteiger partial charge in [0.25, 0.3) is 0 Å². The van der Waals surface area contributed by atoms with E-state index >= 15 is 0 Å². The van der Waals surface area contributed by atoms with Gasteiger partial charge >= 0.3 is 0 Å². The number of nitrogens with zero attached hydrogens (tertiary/aromatic N) is 2. The number of hydrogen-bond acceptors (Lipinski definition) is 4. The molecular formula is C28H24N2O4. The smallest absolute Gasteiger partial charge is 0.238 e. The quantitative estimate of drug-likeness (QED) is 0.518. The molecule has 2 heterocycles. The highest BCUT2D eigenvalue weighted by molar-refractivity contribution is 6.25. The van der Waals surface area contributed by atoms with Gasteiger partial charge in [-0.05, 0) is 60.8 Å². The normalized spacial score (nSPS) is 37.1. The highest BCUT2D eigenvalue weighted by Gasteiger charge is 2.75. The average Bonchev–Trinajstić information content (AvgIpc) is 3.19. The predicted octanol–water partition coefficient (Wildman–Crippen LogP) is 3.28. The summed E-state index contributed by atoms with van der Waals surface area (Å²) in [4.78, 5) is 57.1. The van der Waals surface area contributed by atoms with Crippen LogP contribution in [-0.2, 0) is 19.2 Å². The maximum atomic E-state index is 13.6. The summed E-state index contributed by atoms with van der Waals surface area (Å²) in [5.74, 6) is -2.92. The monoisotopic (exact) mass is 452 g/mol. The van der Waals surface area contributed by atoms with E-state index in [-0.39, 0.29) is 47.3 Å². The van der Waals surface area contributed by atoms with Crippen LogP contribution in [0.2, 0.25) is 0 Å². The van der Waals surface area contributed by atoms with E-state index in [1.54, 1.807) is 0 Å². The summed E-state index contributed by atoms with van der Waals surface area (Å²) < 4.78 is 0. The van der Waals surface area contributed by atoms with Gasteiger partial charge in [-0.1, -0.05) is 48.6 Å². The van der Waals surface area contributed by atoms with Crippen LogP contribution in [0.4, 0.5) is 11.4 Å². The third-order valence-corrected chi connectivity index (χ3v) is 9.06. The lowest BCUT2D eigenvalue weighted by Gasteiger charge is -2.60. The first-order valence-corrected chi connectivity index (χ1v) is 12.0. The van der Waals surface area contributed by atoms with Gasteiger partial charge in [-0.25, -0.2) is 9.80 Å². The van der Waals surface area contributed by atoms with E-state index in [1.807, 2.05) is 74.5 Å². The van der Waals surface area contributed by atoms with Crippen molar-refractivity contribution in [2.75, 3.05) is 9.80 Å². The molecule has 8 atom stereocenters. The first kappa shape index (κ1) is 19.9. The van der Waals surface area contributed by atoms with Crippen molar-refractivity contribution in [3.63, 3.8) is 0 Å². The molecule has 170 valence electrons. The van der Waals surface area contributed by atoms with Crippen LogP contribution in [0.1, 0.15) is 11.1 Å². The van der Waals surface area contributed by atoms with Crippen LogP contribution in [-0.4, -0.2) is 23.6 Å². The number of fused-ring (bicyclic) bond motifs is 1. The molecule has 6 nitrogen and oxygen atoms in total. The van der Waals surface area contributed by atoms with Crippen LogP contribution in [0.15, 0.2) is 60.7 Å². The molecule has 6 heteroatoms.